The van der Waals surface area contributed by atoms with Crippen molar-refractivity contribution in [2.45, 2.75) is 6.10 Å². The first-order valence-corrected chi connectivity index (χ1v) is 5.62. The Labute approximate surface area is 103 Å². The quantitative estimate of drug-likeness (QED) is 0.637. The molecule has 1 aromatic carbocycles. The monoisotopic (exact) mass is 245 g/mol. The number of β-amino-alcohol motifs (C(OH)–C–C–N with tert-alkyl or cyclic N) is 1. The molecule has 3 rings (SSSR count). The van der Waals surface area contributed by atoms with Crippen molar-refractivity contribution >= 4 is 22.3 Å². The third-order valence-corrected chi connectivity index (χ3v) is 3.13. The molecule has 1 aromatic heterocycles. The average Bonchev–Trinajstić information content (AvgIpc) is 2.33. The molecule has 2 heterocycles. The number of non-ortho nitro benzene ring substituents is 1. The number of hydrogen-bond donors (Lipinski definition) is 1. The minimum Gasteiger partial charge on any atom is -0.389 e. The largest absolute Gasteiger partial charge is 0.389 e. The molecule has 0 atom stereocenters. The van der Waals surface area contributed by atoms with Crippen LogP contribution in [0.25, 0.3) is 10.9 Å². The number of aliphatic hydroxyl groups is 1. The second kappa shape index (κ2) is 3.92. The Kier molecular flexibility index (Phi) is 2.38. The second-order valence-corrected chi connectivity index (χ2v) is 4.32. The third-order valence-electron chi connectivity index (χ3n) is 3.13. The van der Waals surface area contributed by atoms with E-state index in [0.29, 0.717) is 18.6 Å². The smallest absolute Gasteiger partial charge is 0.295 e. The molecule has 0 aliphatic carbocycles. The van der Waals surface area contributed by atoms with Crippen molar-refractivity contribution in [3.8, 4) is 0 Å². The average molecular weight is 245 g/mol. The predicted octanol–water partition coefficient (Wildman–Crippen LogP) is 1.32. The van der Waals surface area contributed by atoms with Gasteiger partial charge in [0.2, 0.25) is 0 Å². The molecular weight excluding hydrogens is 234 g/mol. The highest BCUT2D eigenvalue weighted by Crippen LogP contribution is 2.32. The zero-order chi connectivity index (χ0) is 12.7. The Morgan fingerprint density at radius 1 is 1.39 bits per heavy atom. The number of pyridine rings is 1. The summed E-state index contributed by atoms with van der Waals surface area (Å²) in [6.07, 6.45) is 1.25. The fraction of sp³-hybridized carbons (Fsp3) is 0.250. The van der Waals surface area contributed by atoms with E-state index in [-0.39, 0.29) is 11.8 Å². The highest BCUT2D eigenvalue weighted by Gasteiger charge is 2.26. The van der Waals surface area contributed by atoms with Crippen LogP contribution in [0.3, 0.4) is 0 Å². The van der Waals surface area contributed by atoms with E-state index in [0.717, 1.165) is 11.1 Å². The van der Waals surface area contributed by atoms with Crippen molar-refractivity contribution in [3.63, 3.8) is 0 Å². The minimum atomic E-state index is -0.427. The van der Waals surface area contributed by atoms with Crippen LogP contribution in [-0.4, -0.2) is 34.2 Å². The number of nitro groups is 1. The van der Waals surface area contributed by atoms with Gasteiger partial charge in [0.05, 0.1) is 11.0 Å². The molecular formula is C12H11N3O3. The Hall–Kier alpha value is -2.21. The molecule has 1 N–H and O–H groups in total. The molecule has 92 valence electrons. The fourth-order valence-electron chi connectivity index (χ4n) is 2.22. The van der Waals surface area contributed by atoms with Crippen LogP contribution in [-0.2, 0) is 0 Å². The van der Waals surface area contributed by atoms with Gasteiger partial charge in [0.25, 0.3) is 5.69 Å². The molecule has 2 aromatic rings. The molecule has 0 spiro atoms. The second-order valence-electron chi connectivity index (χ2n) is 4.32. The molecule has 0 bridgehead atoms. The maximum Gasteiger partial charge on any atom is 0.295 e. The molecule has 1 aliphatic heterocycles. The number of nitrogens with zero attached hydrogens (tertiary/aromatic N) is 3. The summed E-state index contributed by atoms with van der Waals surface area (Å²) in [7, 11) is 0. The Balaban J connectivity index is 2.17. The van der Waals surface area contributed by atoms with Crippen LogP contribution in [0, 0.1) is 10.1 Å². The van der Waals surface area contributed by atoms with Crippen molar-refractivity contribution < 1.29 is 10.0 Å². The molecule has 1 aliphatic rings. The number of nitro benzene ring substituents is 1. The van der Waals surface area contributed by atoms with Crippen LogP contribution in [0.5, 0.6) is 0 Å². The SMILES string of the molecule is O=[N+]([O-])c1cccc2c(N3CC(O)C3)ccnc12. The number of hydrogen-bond acceptors (Lipinski definition) is 5. The van der Waals surface area contributed by atoms with E-state index < -0.39 is 4.92 Å². The van der Waals surface area contributed by atoms with E-state index in [9.17, 15) is 15.2 Å². The number of benzene rings is 1. The highest BCUT2D eigenvalue weighted by atomic mass is 16.6. The van der Waals surface area contributed by atoms with Gasteiger partial charge in [0, 0.05) is 36.4 Å². The molecule has 18 heavy (non-hydrogen) atoms. The molecule has 1 saturated heterocycles. The lowest BCUT2D eigenvalue weighted by Crippen LogP contribution is -2.50. The van der Waals surface area contributed by atoms with Crippen LogP contribution in [0.4, 0.5) is 11.4 Å². The predicted molar refractivity (Wildman–Crippen MR) is 66.6 cm³/mol. The number of rotatable bonds is 2. The van der Waals surface area contributed by atoms with E-state index >= 15 is 0 Å². The molecule has 6 nitrogen and oxygen atoms in total. The van der Waals surface area contributed by atoms with Gasteiger partial charge in [0.1, 0.15) is 5.52 Å². The number of anilines is 1. The summed E-state index contributed by atoms with van der Waals surface area (Å²) < 4.78 is 0. The number of fused-ring (bicyclic) bond motifs is 1. The number of para-hydroxylation sites is 1. The topological polar surface area (TPSA) is 79.5 Å². The minimum absolute atomic E-state index is 0.00965. The molecule has 0 radical (unpaired) electrons. The first-order chi connectivity index (χ1) is 8.66. The van der Waals surface area contributed by atoms with Gasteiger partial charge in [-0.1, -0.05) is 12.1 Å². The summed E-state index contributed by atoms with van der Waals surface area (Å²) in [5, 5.41) is 21.0. The van der Waals surface area contributed by atoms with Crippen molar-refractivity contribution in [2.24, 2.45) is 0 Å². The van der Waals surface area contributed by atoms with E-state index in [1.807, 2.05) is 17.0 Å². The van der Waals surface area contributed by atoms with Crippen LogP contribution in [0.1, 0.15) is 0 Å². The first-order valence-electron chi connectivity index (χ1n) is 5.62. The van der Waals surface area contributed by atoms with Crippen LogP contribution in [0.15, 0.2) is 30.5 Å². The van der Waals surface area contributed by atoms with Gasteiger partial charge < -0.3 is 10.0 Å². The fourth-order valence-corrected chi connectivity index (χ4v) is 2.22. The molecule has 1 fully saturated rings. The van der Waals surface area contributed by atoms with Crippen LogP contribution >= 0.6 is 0 Å². The van der Waals surface area contributed by atoms with Crippen molar-refractivity contribution in [1.82, 2.24) is 4.98 Å². The highest BCUT2D eigenvalue weighted by molar-refractivity contribution is 5.96. The standard InChI is InChI=1S/C12H11N3O3/c16-8-6-14(7-8)10-4-5-13-12-9(10)2-1-3-11(12)15(17)18/h1-5,8,16H,6-7H2. The summed E-state index contributed by atoms with van der Waals surface area (Å²) in [4.78, 5) is 16.6. The maximum absolute atomic E-state index is 10.9. The lowest BCUT2D eigenvalue weighted by molar-refractivity contribution is -0.383. The van der Waals surface area contributed by atoms with Gasteiger partial charge in [-0.2, -0.15) is 0 Å². The van der Waals surface area contributed by atoms with Crippen molar-refractivity contribution in [3.05, 3.63) is 40.6 Å². The molecule has 6 heteroatoms. The van der Waals surface area contributed by atoms with Gasteiger partial charge >= 0.3 is 0 Å². The zero-order valence-corrected chi connectivity index (χ0v) is 9.48. The van der Waals surface area contributed by atoms with E-state index in [4.69, 9.17) is 0 Å². The van der Waals surface area contributed by atoms with E-state index in [2.05, 4.69) is 4.98 Å². The summed E-state index contributed by atoms with van der Waals surface area (Å²) in [6.45, 7) is 1.11. The van der Waals surface area contributed by atoms with E-state index in [1.54, 1.807) is 12.3 Å². The third kappa shape index (κ3) is 1.58. The summed E-state index contributed by atoms with van der Waals surface area (Å²) in [6, 6.07) is 6.74. The van der Waals surface area contributed by atoms with E-state index in [1.165, 1.54) is 6.07 Å². The van der Waals surface area contributed by atoms with Gasteiger partial charge in [0.15, 0.2) is 0 Å². The normalized spacial score (nSPS) is 15.7. The molecule has 0 saturated carbocycles. The van der Waals surface area contributed by atoms with Gasteiger partial charge in [-0.3, -0.25) is 10.1 Å². The first kappa shape index (κ1) is 10.9. The summed E-state index contributed by atoms with van der Waals surface area (Å²) in [5.41, 5.74) is 1.28. The van der Waals surface area contributed by atoms with Gasteiger partial charge in [-0.05, 0) is 6.07 Å². The number of aliphatic hydroxyl groups excluding tert-OH is 1. The lowest BCUT2D eigenvalue weighted by atomic mass is 10.1. The van der Waals surface area contributed by atoms with Crippen LogP contribution < -0.4 is 4.90 Å². The lowest BCUT2D eigenvalue weighted by Gasteiger charge is -2.38. The Morgan fingerprint density at radius 3 is 2.83 bits per heavy atom. The number of aromatic nitrogens is 1. The van der Waals surface area contributed by atoms with Crippen molar-refractivity contribution in [2.75, 3.05) is 18.0 Å². The summed E-state index contributed by atoms with van der Waals surface area (Å²) in [5.74, 6) is 0. The van der Waals surface area contributed by atoms with Gasteiger partial charge in [-0.25, -0.2) is 4.98 Å². The Bertz CT molecular complexity index is 623. The van der Waals surface area contributed by atoms with Crippen molar-refractivity contribution in [1.29, 1.82) is 0 Å². The zero-order valence-electron chi connectivity index (χ0n) is 9.48. The maximum atomic E-state index is 10.9. The molecule has 0 unspecified atom stereocenters. The summed E-state index contributed by atoms with van der Waals surface area (Å²) >= 11 is 0. The van der Waals surface area contributed by atoms with Gasteiger partial charge in [-0.15, -0.1) is 0 Å². The van der Waals surface area contributed by atoms with Crippen LogP contribution in [0.2, 0.25) is 0 Å². The Morgan fingerprint density at radius 2 is 2.17 bits per heavy atom. The molecule has 0 amide bonds.